The van der Waals surface area contributed by atoms with Gasteiger partial charge in [0.1, 0.15) is 12.9 Å². The van der Waals surface area contributed by atoms with Crippen molar-refractivity contribution in [3.63, 3.8) is 0 Å². The molecule has 2 aliphatic rings. The first-order valence-electron chi connectivity index (χ1n) is 11.0. The van der Waals surface area contributed by atoms with Crippen molar-refractivity contribution in [3.8, 4) is 5.75 Å². The van der Waals surface area contributed by atoms with Crippen molar-refractivity contribution in [2.24, 2.45) is 0 Å². The van der Waals surface area contributed by atoms with E-state index in [4.69, 9.17) is 9.47 Å². The first kappa shape index (κ1) is 21.2. The minimum absolute atomic E-state index is 0.101. The molecule has 1 fully saturated rings. The van der Waals surface area contributed by atoms with E-state index in [0.29, 0.717) is 37.3 Å². The molecule has 1 N–H and O–H groups in total. The number of anilines is 3. The number of aryl methyl sites for hydroxylation is 2. The summed E-state index contributed by atoms with van der Waals surface area (Å²) in [5, 5.41) is 3.42. The van der Waals surface area contributed by atoms with Gasteiger partial charge in [0.15, 0.2) is 11.6 Å². The van der Waals surface area contributed by atoms with Crippen molar-refractivity contribution in [2.75, 3.05) is 36.5 Å². The lowest BCUT2D eigenvalue weighted by molar-refractivity contribution is 0.0687. The third kappa shape index (κ3) is 4.68. The van der Waals surface area contributed by atoms with Gasteiger partial charge in [-0.05, 0) is 52.2 Å². The lowest BCUT2D eigenvalue weighted by atomic mass is 10.0. The van der Waals surface area contributed by atoms with E-state index in [1.165, 1.54) is 5.56 Å². The Morgan fingerprint density at radius 1 is 1.19 bits per heavy atom. The smallest absolute Gasteiger partial charge is 0.410 e. The van der Waals surface area contributed by atoms with Crippen LogP contribution in [0.25, 0.3) is 0 Å². The number of ether oxygens (including phenoxy) is 2. The molecule has 8 heteroatoms. The van der Waals surface area contributed by atoms with E-state index in [9.17, 15) is 4.79 Å². The topological polar surface area (TPSA) is 79.8 Å². The maximum absolute atomic E-state index is 12.2. The number of hydrogen-bond donors (Lipinski definition) is 1. The summed E-state index contributed by atoms with van der Waals surface area (Å²) in [6.45, 7) is 10.6. The fourth-order valence-corrected chi connectivity index (χ4v) is 4.22. The van der Waals surface area contributed by atoms with Gasteiger partial charge in [0.2, 0.25) is 5.75 Å². The molecule has 1 aromatic heterocycles. The molecular weight excluding hydrogens is 394 g/mol. The second-order valence-electron chi connectivity index (χ2n) is 8.51. The van der Waals surface area contributed by atoms with Crippen LogP contribution in [-0.2, 0) is 4.74 Å². The highest BCUT2D eigenvalue weighted by molar-refractivity contribution is 5.72. The predicted octanol–water partition coefficient (Wildman–Crippen LogP) is 4.05. The van der Waals surface area contributed by atoms with E-state index in [0.717, 1.165) is 36.5 Å². The summed E-state index contributed by atoms with van der Waals surface area (Å²) in [5.41, 5.74) is 3.38. The Labute approximate surface area is 183 Å². The second kappa shape index (κ2) is 8.99. The summed E-state index contributed by atoms with van der Waals surface area (Å²) < 4.78 is 11.3. The number of rotatable bonds is 4. The van der Waals surface area contributed by atoms with E-state index in [1.807, 2.05) is 13.8 Å². The van der Waals surface area contributed by atoms with Crippen LogP contribution in [0.15, 0.2) is 24.5 Å². The Balaban J connectivity index is 1.49. The van der Waals surface area contributed by atoms with Crippen molar-refractivity contribution in [2.45, 2.75) is 52.7 Å². The second-order valence-corrected chi connectivity index (χ2v) is 8.51. The predicted molar refractivity (Wildman–Crippen MR) is 120 cm³/mol. The van der Waals surface area contributed by atoms with Crippen LogP contribution >= 0.6 is 0 Å². The van der Waals surface area contributed by atoms with E-state index in [-0.39, 0.29) is 12.2 Å². The van der Waals surface area contributed by atoms with Gasteiger partial charge >= 0.3 is 6.09 Å². The highest BCUT2D eigenvalue weighted by Gasteiger charge is 2.33. The van der Waals surface area contributed by atoms with Crippen molar-refractivity contribution >= 4 is 23.4 Å². The standard InChI is InChI=1S/C23H31N5O3/c1-15(2)31-23(29)27-9-7-18(8-10-27)28-11-12-30-20-21(24-14-25-22(20)28)26-19-6-5-16(3)13-17(19)4/h5-6,13-15,18H,7-12H2,1-4H3,(H,24,25,26). The van der Waals surface area contributed by atoms with Crippen LogP contribution in [0.1, 0.15) is 37.8 Å². The summed E-state index contributed by atoms with van der Waals surface area (Å²) in [6, 6.07) is 6.58. The van der Waals surface area contributed by atoms with Crippen LogP contribution < -0.4 is 15.0 Å². The molecule has 166 valence electrons. The minimum Gasteiger partial charge on any atom is -0.485 e. The quantitative estimate of drug-likeness (QED) is 0.792. The minimum atomic E-state index is -0.224. The third-order valence-electron chi connectivity index (χ3n) is 5.77. The fraction of sp³-hybridized carbons (Fsp3) is 0.522. The van der Waals surface area contributed by atoms with Gasteiger partial charge in [-0.25, -0.2) is 14.8 Å². The Hall–Kier alpha value is -3.03. The molecule has 0 unspecified atom stereocenters. The summed E-state index contributed by atoms with van der Waals surface area (Å²) in [6.07, 6.45) is 3.00. The molecule has 4 rings (SSSR count). The molecule has 0 atom stereocenters. The zero-order valence-electron chi connectivity index (χ0n) is 18.7. The van der Waals surface area contributed by atoms with E-state index in [1.54, 1.807) is 11.2 Å². The maximum atomic E-state index is 12.2. The van der Waals surface area contributed by atoms with Crippen molar-refractivity contribution in [1.82, 2.24) is 14.9 Å². The molecular formula is C23H31N5O3. The van der Waals surface area contributed by atoms with Crippen LogP contribution in [0.4, 0.5) is 22.1 Å². The average Bonchev–Trinajstić information content (AvgIpc) is 2.75. The Bertz CT molecular complexity index is 941. The number of amides is 1. The van der Waals surface area contributed by atoms with Gasteiger partial charge in [-0.15, -0.1) is 0 Å². The average molecular weight is 426 g/mol. The number of carbonyl (C=O) groups excluding carboxylic acids is 1. The number of nitrogens with zero attached hydrogens (tertiary/aromatic N) is 4. The molecule has 0 aliphatic carbocycles. The summed E-state index contributed by atoms with van der Waals surface area (Å²) >= 11 is 0. The Kier molecular flexibility index (Phi) is 6.15. The molecule has 31 heavy (non-hydrogen) atoms. The summed E-state index contributed by atoms with van der Waals surface area (Å²) in [7, 11) is 0. The molecule has 1 saturated heterocycles. The highest BCUT2D eigenvalue weighted by Crippen LogP contribution is 2.39. The molecule has 1 amide bonds. The van der Waals surface area contributed by atoms with Gasteiger partial charge in [-0.3, -0.25) is 0 Å². The van der Waals surface area contributed by atoms with Crippen molar-refractivity contribution in [3.05, 3.63) is 35.7 Å². The first-order valence-corrected chi connectivity index (χ1v) is 11.0. The highest BCUT2D eigenvalue weighted by atomic mass is 16.6. The number of fused-ring (bicyclic) bond motifs is 1. The van der Waals surface area contributed by atoms with Gasteiger partial charge in [0, 0.05) is 24.8 Å². The number of aromatic nitrogens is 2. The Morgan fingerprint density at radius 2 is 1.97 bits per heavy atom. The normalized spacial score (nSPS) is 16.7. The van der Waals surface area contributed by atoms with Crippen LogP contribution in [0, 0.1) is 13.8 Å². The van der Waals surface area contributed by atoms with Gasteiger partial charge in [0.25, 0.3) is 0 Å². The van der Waals surface area contributed by atoms with Crippen molar-refractivity contribution < 1.29 is 14.3 Å². The molecule has 0 radical (unpaired) electrons. The lowest BCUT2D eigenvalue weighted by Gasteiger charge is -2.41. The van der Waals surface area contributed by atoms with Crippen LogP contribution in [0.2, 0.25) is 0 Å². The largest absolute Gasteiger partial charge is 0.485 e. The molecule has 3 heterocycles. The number of carbonyl (C=O) groups is 1. The summed E-state index contributed by atoms with van der Waals surface area (Å²) in [4.78, 5) is 25.3. The number of piperidine rings is 1. The van der Waals surface area contributed by atoms with Crippen molar-refractivity contribution in [1.29, 1.82) is 0 Å². The maximum Gasteiger partial charge on any atom is 0.410 e. The monoisotopic (exact) mass is 425 g/mol. The SMILES string of the molecule is Cc1ccc(Nc2ncnc3c2OCCN3C2CCN(C(=O)OC(C)C)CC2)c(C)c1. The van der Waals surface area contributed by atoms with Gasteiger partial charge in [-0.1, -0.05) is 17.7 Å². The number of hydrogen-bond acceptors (Lipinski definition) is 7. The zero-order chi connectivity index (χ0) is 22.0. The lowest BCUT2D eigenvalue weighted by Crippen LogP contribution is -2.49. The van der Waals surface area contributed by atoms with Crippen LogP contribution in [-0.4, -0.2) is 59.3 Å². The molecule has 1 aromatic carbocycles. The molecule has 2 aromatic rings. The first-order chi connectivity index (χ1) is 14.9. The molecule has 0 spiro atoms. The van der Waals surface area contributed by atoms with Crippen LogP contribution in [0.5, 0.6) is 5.75 Å². The molecule has 8 nitrogen and oxygen atoms in total. The van der Waals surface area contributed by atoms with Gasteiger partial charge in [0.05, 0.1) is 12.6 Å². The molecule has 0 saturated carbocycles. The van der Waals surface area contributed by atoms with E-state index >= 15 is 0 Å². The van der Waals surface area contributed by atoms with Gasteiger partial charge < -0.3 is 24.6 Å². The van der Waals surface area contributed by atoms with Gasteiger partial charge in [-0.2, -0.15) is 0 Å². The summed E-state index contributed by atoms with van der Waals surface area (Å²) in [5.74, 6) is 2.19. The fourth-order valence-electron chi connectivity index (χ4n) is 4.22. The number of nitrogens with one attached hydrogen (secondary N) is 1. The third-order valence-corrected chi connectivity index (χ3v) is 5.77. The molecule has 2 aliphatic heterocycles. The zero-order valence-corrected chi connectivity index (χ0v) is 18.7. The number of benzene rings is 1. The van der Waals surface area contributed by atoms with Crippen LogP contribution in [0.3, 0.4) is 0 Å². The van der Waals surface area contributed by atoms with E-state index in [2.05, 4.69) is 52.2 Å². The molecule has 0 bridgehead atoms. The Morgan fingerprint density at radius 3 is 2.68 bits per heavy atom. The van der Waals surface area contributed by atoms with E-state index < -0.39 is 0 Å². The number of likely N-dealkylation sites (tertiary alicyclic amines) is 1.